The van der Waals surface area contributed by atoms with Crippen molar-refractivity contribution in [3.63, 3.8) is 0 Å². The molecule has 23 heavy (non-hydrogen) atoms. The molecule has 1 fully saturated rings. The van der Waals surface area contributed by atoms with Crippen LogP contribution in [0.5, 0.6) is 5.75 Å². The van der Waals surface area contributed by atoms with Crippen LogP contribution in [0.4, 0.5) is 11.4 Å². The van der Waals surface area contributed by atoms with Gasteiger partial charge in [-0.2, -0.15) is 0 Å². The van der Waals surface area contributed by atoms with E-state index in [-0.39, 0.29) is 0 Å². The van der Waals surface area contributed by atoms with Gasteiger partial charge in [0.2, 0.25) is 0 Å². The largest absolute Gasteiger partial charge is 0.489 e. The zero-order chi connectivity index (χ0) is 16.1. The average Bonchev–Trinajstić information content (AvgIpc) is 2.55. The summed E-state index contributed by atoms with van der Waals surface area (Å²) in [5.74, 6) is 0.877. The van der Waals surface area contributed by atoms with Gasteiger partial charge in [-0.1, -0.05) is 0 Å². The van der Waals surface area contributed by atoms with Gasteiger partial charge >= 0.3 is 0 Å². The zero-order valence-corrected chi connectivity index (χ0v) is 14.0. The number of quaternary nitrogens is 1. The third-order valence-corrected chi connectivity index (χ3v) is 4.78. The van der Waals surface area contributed by atoms with Crippen molar-refractivity contribution >= 4 is 11.4 Å². The predicted octanol–water partition coefficient (Wildman–Crippen LogP) is 0.961. The van der Waals surface area contributed by atoms with Gasteiger partial charge in [0.1, 0.15) is 32.0 Å². The summed E-state index contributed by atoms with van der Waals surface area (Å²) in [6.07, 6.45) is 0. The van der Waals surface area contributed by atoms with Crippen molar-refractivity contribution < 1.29 is 18.7 Å². The molecule has 0 saturated carbocycles. The zero-order valence-electron chi connectivity index (χ0n) is 14.0. The molecule has 0 aliphatic carbocycles. The van der Waals surface area contributed by atoms with E-state index in [0.29, 0.717) is 6.61 Å². The Hall–Kier alpha value is -1.50. The lowest BCUT2D eigenvalue weighted by atomic mass is 10.2. The van der Waals surface area contributed by atoms with Crippen LogP contribution < -0.4 is 15.4 Å². The first-order valence-electron chi connectivity index (χ1n) is 8.43. The molecule has 2 aliphatic rings. The number of anilines is 2. The van der Waals surface area contributed by atoms with Gasteiger partial charge in [0.05, 0.1) is 45.7 Å². The molecule has 3 rings (SSSR count). The van der Waals surface area contributed by atoms with Gasteiger partial charge in [-0.25, -0.2) is 0 Å². The van der Waals surface area contributed by atoms with Crippen molar-refractivity contribution in [3.8, 4) is 5.75 Å². The number of likely N-dealkylation sites (N-methyl/N-ethyl adjacent to an activating group) is 1. The van der Waals surface area contributed by atoms with Crippen LogP contribution >= 0.6 is 0 Å². The van der Waals surface area contributed by atoms with Gasteiger partial charge < -0.3 is 29.3 Å². The van der Waals surface area contributed by atoms with Gasteiger partial charge in [0, 0.05) is 18.3 Å². The van der Waals surface area contributed by atoms with Crippen LogP contribution in [0.2, 0.25) is 0 Å². The predicted molar refractivity (Wildman–Crippen MR) is 91.0 cm³/mol. The minimum Gasteiger partial charge on any atom is -0.489 e. The highest BCUT2D eigenvalue weighted by atomic mass is 16.5. The highest BCUT2D eigenvalue weighted by Crippen LogP contribution is 2.32. The molecule has 1 aromatic carbocycles. The maximum Gasteiger partial charge on any atom is 0.144 e. The fraction of sp³-hybridized carbons (Fsp3) is 0.647. The summed E-state index contributed by atoms with van der Waals surface area (Å²) >= 11 is 0. The Balaban J connectivity index is 1.41. The smallest absolute Gasteiger partial charge is 0.144 e. The number of rotatable bonds is 6. The Labute approximate surface area is 138 Å². The molecule has 128 valence electrons. The van der Waals surface area contributed by atoms with Crippen molar-refractivity contribution in [2.45, 2.75) is 0 Å². The van der Waals surface area contributed by atoms with E-state index in [1.54, 1.807) is 0 Å². The Morgan fingerprint density at radius 3 is 2.87 bits per heavy atom. The van der Waals surface area contributed by atoms with E-state index in [1.165, 1.54) is 0 Å². The number of morpholine rings is 1. The molecule has 2 aliphatic heterocycles. The van der Waals surface area contributed by atoms with Gasteiger partial charge in [0.25, 0.3) is 0 Å². The maximum atomic E-state index is 5.88. The fourth-order valence-corrected chi connectivity index (χ4v) is 3.10. The molecule has 2 N–H and O–H groups in total. The highest BCUT2D eigenvalue weighted by Gasteiger charge is 2.24. The van der Waals surface area contributed by atoms with Crippen molar-refractivity contribution in [3.05, 3.63) is 18.2 Å². The summed E-state index contributed by atoms with van der Waals surface area (Å²) in [5.41, 5.74) is 7.67. The Morgan fingerprint density at radius 1 is 1.22 bits per heavy atom. The van der Waals surface area contributed by atoms with Crippen molar-refractivity contribution in [1.29, 1.82) is 0 Å². The second kappa shape index (κ2) is 7.38. The van der Waals surface area contributed by atoms with Crippen LogP contribution in [0.1, 0.15) is 0 Å². The summed E-state index contributed by atoms with van der Waals surface area (Å²) in [6, 6.07) is 5.85. The van der Waals surface area contributed by atoms with Crippen LogP contribution in [0, 0.1) is 0 Å². The number of hydrogen-bond donors (Lipinski definition) is 1. The monoisotopic (exact) mass is 322 g/mol. The Bertz CT molecular complexity index is 518. The van der Waals surface area contributed by atoms with Crippen LogP contribution in [0.25, 0.3) is 0 Å². The number of benzene rings is 1. The molecule has 2 heterocycles. The van der Waals surface area contributed by atoms with E-state index < -0.39 is 0 Å². The van der Waals surface area contributed by atoms with E-state index in [9.17, 15) is 0 Å². The van der Waals surface area contributed by atoms with Crippen LogP contribution in [0.3, 0.4) is 0 Å². The van der Waals surface area contributed by atoms with Crippen LogP contribution in [-0.4, -0.2) is 77.3 Å². The minimum absolute atomic E-state index is 0.700. The van der Waals surface area contributed by atoms with E-state index >= 15 is 0 Å². The molecular weight excluding hydrogens is 294 g/mol. The Morgan fingerprint density at radius 2 is 2.04 bits per heavy atom. The summed E-state index contributed by atoms with van der Waals surface area (Å²) in [7, 11) is 2.29. The topological polar surface area (TPSA) is 57.0 Å². The summed E-state index contributed by atoms with van der Waals surface area (Å²) in [6.45, 7) is 8.97. The SMILES string of the molecule is C[N+]1(CCOCCN2CCOc3cc(N)ccc32)CCOCC1. The van der Waals surface area contributed by atoms with Gasteiger partial charge in [-0.15, -0.1) is 0 Å². The molecule has 0 unspecified atom stereocenters. The molecule has 1 aromatic rings. The molecule has 0 atom stereocenters. The van der Waals surface area contributed by atoms with E-state index in [1.807, 2.05) is 18.2 Å². The van der Waals surface area contributed by atoms with Crippen LogP contribution in [0.15, 0.2) is 18.2 Å². The summed E-state index contributed by atoms with van der Waals surface area (Å²) in [4.78, 5) is 2.31. The first-order valence-corrected chi connectivity index (χ1v) is 8.43. The molecule has 0 amide bonds. The minimum atomic E-state index is 0.700. The number of hydrogen-bond acceptors (Lipinski definition) is 5. The molecule has 0 aromatic heterocycles. The van der Waals surface area contributed by atoms with Crippen molar-refractivity contribution in [1.82, 2.24) is 0 Å². The molecule has 6 heteroatoms. The third-order valence-electron chi connectivity index (χ3n) is 4.78. The first-order chi connectivity index (χ1) is 11.2. The third kappa shape index (κ3) is 4.28. The number of fused-ring (bicyclic) bond motifs is 1. The molecule has 1 saturated heterocycles. The second-order valence-corrected chi connectivity index (χ2v) is 6.58. The molecule has 0 spiro atoms. The molecule has 0 radical (unpaired) electrons. The lowest BCUT2D eigenvalue weighted by Crippen LogP contribution is -2.53. The lowest BCUT2D eigenvalue weighted by molar-refractivity contribution is -0.917. The number of ether oxygens (including phenoxy) is 3. The second-order valence-electron chi connectivity index (χ2n) is 6.58. The standard InChI is InChI=1S/C17H28N3O3/c1-20(7-12-22-13-8-20)6-11-21-9-4-19-5-10-23-17-14-15(18)2-3-16(17)19/h2-3,14H,4-13,18H2,1H3/q+1. The number of nitrogens with zero attached hydrogens (tertiary/aromatic N) is 2. The van der Waals surface area contributed by atoms with Gasteiger partial charge in [0.15, 0.2) is 0 Å². The lowest BCUT2D eigenvalue weighted by Gasteiger charge is -2.37. The van der Waals surface area contributed by atoms with E-state index in [0.717, 1.165) is 80.8 Å². The first kappa shape index (κ1) is 16.4. The van der Waals surface area contributed by atoms with Gasteiger partial charge in [-0.05, 0) is 12.1 Å². The highest BCUT2D eigenvalue weighted by molar-refractivity contribution is 5.65. The maximum absolute atomic E-state index is 5.88. The van der Waals surface area contributed by atoms with E-state index in [2.05, 4.69) is 11.9 Å². The normalized spacial score (nSPS) is 20.0. The quantitative estimate of drug-likeness (QED) is 0.480. The summed E-state index contributed by atoms with van der Waals surface area (Å²) < 4.78 is 18.0. The average molecular weight is 322 g/mol. The van der Waals surface area contributed by atoms with E-state index in [4.69, 9.17) is 19.9 Å². The molecule has 6 nitrogen and oxygen atoms in total. The number of nitrogen functional groups attached to an aromatic ring is 1. The van der Waals surface area contributed by atoms with Crippen molar-refractivity contribution in [2.24, 2.45) is 0 Å². The molecule has 0 bridgehead atoms. The summed E-state index contributed by atoms with van der Waals surface area (Å²) in [5, 5.41) is 0. The Kier molecular flexibility index (Phi) is 5.25. The molecular formula is C17H28N3O3+. The number of nitrogens with two attached hydrogens (primary N) is 1. The van der Waals surface area contributed by atoms with Crippen molar-refractivity contribution in [2.75, 3.05) is 83.4 Å². The fourth-order valence-electron chi connectivity index (χ4n) is 3.10. The van der Waals surface area contributed by atoms with Crippen LogP contribution in [-0.2, 0) is 9.47 Å². The van der Waals surface area contributed by atoms with Gasteiger partial charge in [-0.3, -0.25) is 0 Å².